The van der Waals surface area contributed by atoms with Gasteiger partial charge in [-0.15, -0.1) is 0 Å². The average molecular weight is 411 g/mol. The summed E-state index contributed by atoms with van der Waals surface area (Å²) >= 11 is 0. The van der Waals surface area contributed by atoms with Crippen molar-refractivity contribution >= 4 is 11.9 Å². The van der Waals surface area contributed by atoms with Gasteiger partial charge < -0.3 is 9.64 Å². The van der Waals surface area contributed by atoms with Crippen molar-refractivity contribution < 1.29 is 14.3 Å². The minimum atomic E-state index is -0.511. The van der Waals surface area contributed by atoms with Crippen LogP contribution in [-0.2, 0) is 23.1 Å². The number of amides is 1. The van der Waals surface area contributed by atoms with Crippen molar-refractivity contribution in [2.45, 2.75) is 51.8 Å². The minimum Gasteiger partial charge on any atom is -0.453 e. The lowest BCUT2D eigenvalue weighted by atomic mass is 10.0. The van der Waals surface area contributed by atoms with E-state index in [4.69, 9.17) is 4.74 Å². The van der Waals surface area contributed by atoms with Gasteiger partial charge in [0, 0.05) is 25.2 Å². The summed E-state index contributed by atoms with van der Waals surface area (Å²) in [6.07, 6.45) is 1.92. The molecule has 1 amide bonds. The van der Waals surface area contributed by atoms with E-state index in [1.54, 1.807) is 6.07 Å². The van der Waals surface area contributed by atoms with Crippen molar-refractivity contribution in [3.05, 3.63) is 52.8 Å². The zero-order valence-corrected chi connectivity index (χ0v) is 18.0. The fourth-order valence-electron chi connectivity index (χ4n) is 4.69. The lowest BCUT2D eigenvalue weighted by Gasteiger charge is -2.31. The van der Waals surface area contributed by atoms with Crippen molar-refractivity contribution in [1.29, 1.82) is 0 Å². The van der Waals surface area contributed by atoms with Crippen molar-refractivity contribution in [2.75, 3.05) is 19.6 Å². The second kappa shape index (κ2) is 8.60. The van der Waals surface area contributed by atoms with Gasteiger partial charge in [0.15, 0.2) is 0 Å². The molecule has 7 heteroatoms. The van der Waals surface area contributed by atoms with Gasteiger partial charge in [0.1, 0.15) is 6.10 Å². The number of fused-ring (bicyclic) bond motifs is 1. The zero-order valence-electron chi connectivity index (χ0n) is 18.0. The summed E-state index contributed by atoms with van der Waals surface area (Å²) in [5.74, 6) is -0.337. The molecule has 0 spiro atoms. The molecule has 1 saturated heterocycles. The van der Waals surface area contributed by atoms with Crippen LogP contribution in [0.1, 0.15) is 59.6 Å². The van der Waals surface area contributed by atoms with Crippen LogP contribution < -0.4 is 0 Å². The molecule has 1 fully saturated rings. The third kappa shape index (κ3) is 4.12. The Morgan fingerprint density at radius 1 is 1.33 bits per heavy atom. The molecule has 0 saturated carbocycles. The van der Waals surface area contributed by atoms with Gasteiger partial charge in [0.25, 0.3) is 0 Å². The molecular weight excluding hydrogens is 380 g/mol. The molecule has 2 atom stereocenters. The Morgan fingerprint density at radius 3 is 2.87 bits per heavy atom. The van der Waals surface area contributed by atoms with Gasteiger partial charge in [-0.05, 0) is 45.0 Å². The maximum Gasteiger partial charge on any atom is 0.339 e. The second-order valence-corrected chi connectivity index (χ2v) is 8.28. The predicted molar refractivity (Wildman–Crippen MR) is 113 cm³/mol. The Balaban J connectivity index is 1.53. The first kappa shape index (κ1) is 20.6. The highest BCUT2D eigenvalue weighted by Crippen LogP contribution is 2.33. The molecule has 2 aliphatic heterocycles. The lowest BCUT2D eigenvalue weighted by Crippen LogP contribution is -2.43. The molecule has 3 heterocycles. The van der Waals surface area contributed by atoms with Crippen LogP contribution in [0.5, 0.6) is 0 Å². The van der Waals surface area contributed by atoms with E-state index < -0.39 is 6.10 Å². The first-order chi connectivity index (χ1) is 14.5. The number of carbonyl (C=O) groups excluding carboxylic acids is 2. The van der Waals surface area contributed by atoms with E-state index in [2.05, 4.69) is 16.9 Å². The van der Waals surface area contributed by atoms with Crippen LogP contribution in [0.2, 0.25) is 0 Å². The van der Waals surface area contributed by atoms with E-state index in [-0.39, 0.29) is 18.3 Å². The molecule has 4 rings (SSSR count). The van der Waals surface area contributed by atoms with Gasteiger partial charge in [-0.1, -0.05) is 25.1 Å². The number of likely N-dealkylation sites (tertiary alicyclic amines) is 1. The largest absolute Gasteiger partial charge is 0.453 e. The summed E-state index contributed by atoms with van der Waals surface area (Å²) in [6.45, 7) is 7.39. The third-order valence-corrected chi connectivity index (χ3v) is 6.28. The van der Waals surface area contributed by atoms with Gasteiger partial charge in [-0.25, -0.2) is 4.79 Å². The average Bonchev–Trinajstić information content (AvgIpc) is 3.39. The van der Waals surface area contributed by atoms with Crippen LogP contribution >= 0.6 is 0 Å². The van der Waals surface area contributed by atoms with Crippen LogP contribution in [0.4, 0.5) is 0 Å². The standard InChI is InChI=1S/C23H30N4O3/c1-4-26-11-7-8-17(26)14-27(15-18-12-16(2)24-25(18)3)22(28)13-21-19-9-5-6-10-20(19)23(29)30-21/h5-6,9-10,12,17,21H,4,7-8,11,13-15H2,1-3H3. The summed E-state index contributed by atoms with van der Waals surface area (Å²) in [5.41, 5.74) is 3.32. The molecule has 2 unspecified atom stereocenters. The van der Waals surface area contributed by atoms with Crippen LogP contribution in [0.3, 0.4) is 0 Å². The number of rotatable bonds is 7. The molecule has 0 N–H and O–H groups in total. The molecule has 7 nitrogen and oxygen atoms in total. The predicted octanol–water partition coefficient (Wildman–Crippen LogP) is 2.84. The number of benzene rings is 1. The summed E-state index contributed by atoms with van der Waals surface area (Å²) in [4.78, 5) is 29.9. The highest BCUT2D eigenvalue weighted by molar-refractivity contribution is 5.94. The molecule has 1 aromatic carbocycles. The van der Waals surface area contributed by atoms with E-state index in [1.165, 1.54) is 6.42 Å². The fourth-order valence-corrected chi connectivity index (χ4v) is 4.69. The summed E-state index contributed by atoms with van der Waals surface area (Å²) in [5, 5.41) is 4.43. The van der Waals surface area contributed by atoms with E-state index in [1.807, 2.05) is 47.8 Å². The number of cyclic esters (lactones) is 1. The number of likely N-dealkylation sites (N-methyl/N-ethyl adjacent to an activating group) is 1. The first-order valence-corrected chi connectivity index (χ1v) is 10.8. The molecule has 0 radical (unpaired) electrons. The number of hydrogen-bond acceptors (Lipinski definition) is 5. The van der Waals surface area contributed by atoms with Crippen molar-refractivity contribution in [1.82, 2.24) is 19.6 Å². The maximum absolute atomic E-state index is 13.4. The van der Waals surface area contributed by atoms with E-state index in [0.717, 1.165) is 36.5 Å². The monoisotopic (exact) mass is 410 g/mol. The number of aromatic nitrogens is 2. The SMILES string of the molecule is CCN1CCCC1CN(Cc1cc(C)nn1C)C(=O)CC1OC(=O)c2ccccc21. The Hall–Kier alpha value is -2.67. The third-order valence-electron chi connectivity index (χ3n) is 6.28. The summed E-state index contributed by atoms with van der Waals surface area (Å²) in [7, 11) is 1.91. The second-order valence-electron chi connectivity index (χ2n) is 8.28. The number of ether oxygens (including phenoxy) is 1. The van der Waals surface area contributed by atoms with E-state index >= 15 is 0 Å². The normalized spacial score (nSPS) is 21.0. The van der Waals surface area contributed by atoms with Gasteiger partial charge in [0.2, 0.25) is 5.91 Å². The van der Waals surface area contributed by atoms with Crippen molar-refractivity contribution in [2.24, 2.45) is 7.05 Å². The minimum absolute atomic E-state index is 0.00584. The number of hydrogen-bond donors (Lipinski definition) is 0. The molecule has 2 aromatic rings. The topological polar surface area (TPSA) is 67.7 Å². The zero-order chi connectivity index (χ0) is 21.3. The van der Waals surface area contributed by atoms with Gasteiger partial charge >= 0.3 is 5.97 Å². The van der Waals surface area contributed by atoms with Crippen LogP contribution in [0.15, 0.2) is 30.3 Å². The molecule has 1 aromatic heterocycles. The fraction of sp³-hybridized carbons (Fsp3) is 0.522. The molecule has 0 aliphatic carbocycles. The Kier molecular flexibility index (Phi) is 5.90. The van der Waals surface area contributed by atoms with Crippen molar-refractivity contribution in [3.63, 3.8) is 0 Å². The highest BCUT2D eigenvalue weighted by Gasteiger charge is 2.34. The number of nitrogens with zero attached hydrogens (tertiary/aromatic N) is 4. The Bertz CT molecular complexity index is 938. The highest BCUT2D eigenvalue weighted by atomic mass is 16.5. The number of esters is 1. The van der Waals surface area contributed by atoms with Gasteiger partial charge in [-0.3, -0.25) is 14.4 Å². The number of aryl methyl sites for hydroxylation is 2. The van der Waals surface area contributed by atoms with Crippen LogP contribution in [0.25, 0.3) is 0 Å². The smallest absolute Gasteiger partial charge is 0.339 e. The van der Waals surface area contributed by atoms with E-state index in [9.17, 15) is 9.59 Å². The van der Waals surface area contributed by atoms with Gasteiger partial charge in [-0.2, -0.15) is 5.10 Å². The maximum atomic E-state index is 13.4. The van der Waals surface area contributed by atoms with Gasteiger partial charge in [0.05, 0.1) is 29.9 Å². The summed E-state index contributed by atoms with van der Waals surface area (Å²) in [6, 6.07) is 9.73. The lowest BCUT2D eigenvalue weighted by molar-refractivity contribution is -0.134. The Morgan fingerprint density at radius 2 is 2.13 bits per heavy atom. The molecular formula is C23H30N4O3. The first-order valence-electron chi connectivity index (χ1n) is 10.8. The quantitative estimate of drug-likeness (QED) is 0.657. The van der Waals surface area contributed by atoms with Crippen LogP contribution in [-0.4, -0.2) is 57.1 Å². The van der Waals surface area contributed by atoms with Crippen LogP contribution in [0, 0.1) is 6.92 Å². The molecule has 0 bridgehead atoms. The van der Waals surface area contributed by atoms with E-state index in [0.29, 0.717) is 24.7 Å². The molecule has 2 aliphatic rings. The summed E-state index contributed by atoms with van der Waals surface area (Å²) < 4.78 is 7.37. The molecule has 160 valence electrons. The van der Waals surface area contributed by atoms with Crippen molar-refractivity contribution in [3.8, 4) is 0 Å². The Labute approximate surface area is 177 Å². The molecule has 30 heavy (non-hydrogen) atoms. The number of carbonyl (C=O) groups is 2.